The zero-order chi connectivity index (χ0) is 23.2. The Bertz CT molecular complexity index is 922. The Kier molecular flexibility index (Phi) is 7.58. The van der Waals surface area contributed by atoms with Crippen LogP contribution in [0.5, 0.6) is 0 Å². The third kappa shape index (κ3) is 6.15. The van der Waals surface area contributed by atoms with E-state index in [1.54, 1.807) is 29.2 Å². The molecule has 1 aromatic carbocycles. The Labute approximate surface area is 183 Å². The largest absolute Gasteiger partial charge is 0.451 e. The van der Waals surface area contributed by atoms with Crippen LogP contribution in [0.1, 0.15) is 52.5 Å². The summed E-state index contributed by atoms with van der Waals surface area (Å²) in [6.07, 6.45) is 1.31. The third-order valence-corrected chi connectivity index (χ3v) is 4.89. The second-order valence-corrected chi connectivity index (χ2v) is 8.65. The molecular weight excluding hydrogens is 396 g/mol. The van der Waals surface area contributed by atoms with Crippen LogP contribution < -0.4 is 16.5 Å². The van der Waals surface area contributed by atoms with Gasteiger partial charge in [-0.15, -0.1) is 0 Å². The van der Waals surface area contributed by atoms with Crippen LogP contribution in [0.3, 0.4) is 0 Å². The highest BCUT2D eigenvalue weighted by molar-refractivity contribution is 6.08. The molecule has 8 nitrogen and oxygen atoms in total. The molecule has 1 fully saturated rings. The molecule has 0 saturated carbocycles. The lowest BCUT2D eigenvalue weighted by Crippen LogP contribution is -2.57. The van der Waals surface area contributed by atoms with E-state index in [4.69, 9.17) is 16.3 Å². The van der Waals surface area contributed by atoms with Gasteiger partial charge >= 0.3 is 5.97 Å². The number of anilines is 1. The molecule has 31 heavy (non-hydrogen) atoms. The number of ether oxygens (including phenoxy) is 1. The summed E-state index contributed by atoms with van der Waals surface area (Å²) >= 11 is 0. The number of nitrogens with zero attached hydrogens (tertiary/aromatic N) is 2. The van der Waals surface area contributed by atoms with Gasteiger partial charge in [0, 0.05) is 24.1 Å². The first kappa shape index (κ1) is 24.1. The van der Waals surface area contributed by atoms with Gasteiger partial charge in [0.25, 0.3) is 5.91 Å². The van der Waals surface area contributed by atoms with E-state index in [0.29, 0.717) is 25.1 Å². The molecule has 1 saturated heterocycles. The molecule has 1 aliphatic heterocycles. The smallest absolute Gasteiger partial charge is 0.335 e. The average Bonchev–Trinajstić information content (AvgIpc) is 2.69. The normalized spacial score (nSPS) is 18.8. The van der Waals surface area contributed by atoms with E-state index in [9.17, 15) is 14.4 Å². The van der Waals surface area contributed by atoms with E-state index >= 15 is 0 Å². The molecule has 1 heterocycles. The molecule has 0 bridgehead atoms. The summed E-state index contributed by atoms with van der Waals surface area (Å²) in [5.41, 5.74) is 5.35. The molecule has 1 amide bonds. The van der Waals surface area contributed by atoms with Crippen molar-refractivity contribution in [2.45, 2.75) is 58.6 Å². The first-order chi connectivity index (χ1) is 14.5. The number of hydrazone groups is 1. The molecule has 4 N–H and O–H groups in total. The molecule has 2 rings (SSSR count). The standard InChI is InChI=1S/C23H30N4O4/c1-16(28)23(24,13-6-12-22(2,3)4)21(30)31-19-7-5-14-27(20(19)29)18-10-8-17(9-11-18)15-26-25/h8-11,15,19H,5,7,13-14,24-25H2,1-4H3. The minimum Gasteiger partial charge on any atom is -0.451 e. The van der Waals surface area contributed by atoms with Crippen LogP contribution in [0, 0.1) is 17.3 Å². The van der Waals surface area contributed by atoms with Gasteiger partial charge in [0.15, 0.2) is 17.4 Å². The number of ketones is 1. The maximum atomic E-state index is 13.0. The lowest BCUT2D eigenvalue weighted by Gasteiger charge is -2.33. The number of hydrogen-bond donors (Lipinski definition) is 2. The summed E-state index contributed by atoms with van der Waals surface area (Å²) in [6.45, 7) is 7.45. The topological polar surface area (TPSA) is 128 Å². The van der Waals surface area contributed by atoms with E-state index in [1.165, 1.54) is 13.1 Å². The summed E-state index contributed by atoms with van der Waals surface area (Å²) in [5, 5.41) is 3.47. The van der Waals surface area contributed by atoms with Crippen LogP contribution in [0.25, 0.3) is 0 Å². The molecule has 8 heteroatoms. The van der Waals surface area contributed by atoms with E-state index in [0.717, 1.165) is 5.56 Å². The minimum atomic E-state index is -1.91. The number of esters is 1. The van der Waals surface area contributed by atoms with Gasteiger partial charge in [-0.3, -0.25) is 9.59 Å². The first-order valence-corrected chi connectivity index (χ1v) is 10.1. The Morgan fingerprint density at radius 2 is 1.94 bits per heavy atom. The van der Waals surface area contributed by atoms with Crippen LogP contribution in [0.4, 0.5) is 5.69 Å². The number of Topliss-reactive ketones (excluding diaryl/α,β-unsaturated/α-hetero) is 1. The van der Waals surface area contributed by atoms with Crippen molar-refractivity contribution in [2.75, 3.05) is 11.4 Å². The van der Waals surface area contributed by atoms with Crippen LogP contribution in [-0.2, 0) is 19.1 Å². The van der Waals surface area contributed by atoms with Crippen molar-refractivity contribution in [3.05, 3.63) is 29.8 Å². The number of carbonyl (C=O) groups is 3. The van der Waals surface area contributed by atoms with Crippen LogP contribution >= 0.6 is 0 Å². The predicted molar refractivity (Wildman–Crippen MR) is 119 cm³/mol. The van der Waals surface area contributed by atoms with Gasteiger partial charge in [-0.05, 0) is 58.2 Å². The van der Waals surface area contributed by atoms with Gasteiger partial charge in [-0.2, -0.15) is 5.10 Å². The summed E-state index contributed by atoms with van der Waals surface area (Å²) in [5.74, 6) is 9.08. The highest BCUT2D eigenvalue weighted by Crippen LogP contribution is 2.24. The van der Waals surface area contributed by atoms with Crippen LogP contribution in [0.2, 0.25) is 0 Å². The Hall–Kier alpha value is -3.18. The van der Waals surface area contributed by atoms with Crippen molar-refractivity contribution >= 4 is 29.6 Å². The van der Waals surface area contributed by atoms with Gasteiger partial charge < -0.3 is 21.2 Å². The number of rotatable bonds is 6. The Balaban J connectivity index is 2.15. The molecule has 2 unspecified atom stereocenters. The maximum absolute atomic E-state index is 13.0. The van der Waals surface area contributed by atoms with E-state index in [2.05, 4.69) is 16.9 Å². The predicted octanol–water partition coefficient (Wildman–Crippen LogP) is 1.74. The van der Waals surface area contributed by atoms with Crippen LogP contribution in [-0.4, -0.2) is 42.1 Å². The molecular formula is C23H30N4O4. The number of carbonyl (C=O) groups excluding carboxylic acids is 3. The number of hydrogen-bond acceptors (Lipinski definition) is 7. The van der Waals surface area contributed by atoms with Gasteiger partial charge in [-0.25, -0.2) is 4.79 Å². The number of piperidine rings is 1. The van der Waals surface area contributed by atoms with Crippen molar-refractivity contribution in [1.29, 1.82) is 0 Å². The molecule has 1 aliphatic rings. The number of amides is 1. The van der Waals surface area contributed by atoms with Crippen molar-refractivity contribution in [3.63, 3.8) is 0 Å². The van der Waals surface area contributed by atoms with E-state index in [-0.39, 0.29) is 17.7 Å². The zero-order valence-corrected chi connectivity index (χ0v) is 18.5. The summed E-state index contributed by atoms with van der Waals surface area (Å²) in [6, 6.07) is 7.10. The monoisotopic (exact) mass is 426 g/mol. The molecule has 0 aromatic heterocycles. The van der Waals surface area contributed by atoms with Crippen molar-refractivity contribution in [2.24, 2.45) is 22.1 Å². The average molecular weight is 427 g/mol. The highest BCUT2D eigenvalue weighted by atomic mass is 16.6. The van der Waals surface area contributed by atoms with Crippen molar-refractivity contribution in [1.82, 2.24) is 0 Å². The molecule has 1 aromatic rings. The maximum Gasteiger partial charge on any atom is 0.335 e. The lowest BCUT2D eigenvalue weighted by atomic mass is 9.90. The minimum absolute atomic E-state index is 0.173. The Morgan fingerprint density at radius 1 is 1.29 bits per heavy atom. The summed E-state index contributed by atoms with van der Waals surface area (Å²) < 4.78 is 5.45. The summed E-state index contributed by atoms with van der Waals surface area (Å²) in [4.78, 5) is 39.5. The number of benzene rings is 1. The number of nitrogens with two attached hydrogens (primary N) is 2. The van der Waals surface area contributed by atoms with Crippen molar-refractivity contribution < 1.29 is 19.1 Å². The molecule has 2 atom stereocenters. The molecule has 166 valence electrons. The van der Waals surface area contributed by atoms with Gasteiger partial charge in [-0.1, -0.05) is 24.0 Å². The highest BCUT2D eigenvalue weighted by Gasteiger charge is 2.43. The SMILES string of the molecule is CC(=O)C(N)(CC#CC(C)(C)C)C(=O)OC1CCCN(c2ccc(C=NN)cc2)C1=O. The fourth-order valence-electron chi connectivity index (χ4n) is 3.06. The molecule has 0 radical (unpaired) electrons. The first-order valence-electron chi connectivity index (χ1n) is 10.1. The third-order valence-electron chi connectivity index (χ3n) is 4.89. The van der Waals surface area contributed by atoms with E-state index < -0.39 is 23.4 Å². The second kappa shape index (κ2) is 9.75. The zero-order valence-electron chi connectivity index (χ0n) is 18.5. The van der Waals surface area contributed by atoms with Gasteiger partial charge in [0.1, 0.15) is 0 Å². The fraction of sp³-hybridized carbons (Fsp3) is 0.478. The van der Waals surface area contributed by atoms with Gasteiger partial charge in [0.2, 0.25) is 0 Å². The van der Waals surface area contributed by atoms with Crippen molar-refractivity contribution in [3.8, 4) is 11.8 Å². The lowest BCUT2D eigenvalue weighted by molar-refractivity contribution is -0.163. The second-order valence-electron chi connectivity index (χ2n) is 8.65. The molecule has 0 spiro atoms. The van der Waals surface area contributed by atoms with Crippen LogP contribution in [0.15, 0.2) is 29.4 Å². The Morgan fingerprint density at radius 3 is 2.48 bits per heavy atom. The fourth-order valence-corrected chi connectivity index (χ4v) is 3.06. The quantitative estimate of drug-likeness (QED) is 0.178. The summed E-state index contributed by atoms with van der Waals surface area (Å²) in [7, 11) is 0. The molecule has 0 aliphatic carbocycles. The van der Waals surface area contributed by atoms with Gasteiger partial charge in [0.05, 0.1) is 6.21 Å². The van der Waals surface area contributed by atoms with E-state index in [1.807, 2.05) is 20.8 Å².